The van der Waals surface area contributed by atoms with Gasteiger partial charge in [-0.25, -0.2) is 13.1 Å². The zero-order valence-corrected chi connectivity index (χ0v) is 15.9. The van der Waals surface area contributed by atoms with Gasteiger partial charge in [0.1, 0.15) is 0 Å². The minimum absolute atomic E-state index is 0. The average Bonchev–Trinajstić information content (AvgIpc) is 2.58. The van der Waals surface area contributed by atoms with Crippen molar-refractivity contribution in [3.63, 3.8) is 0 Å². The van der Waals surface area contributed by atoms with Crippen LogP contribution in [0, 0.1) is 16.0 Å². The van der Waals surface area contributed by atoms with E-state index in [0.717, 1.165) is 31.5 Å². The molecule has 0 aromatic heterocycles. The molecule has 3 N–H and O–H groups in total. The van der Waals surface area contributed by atoms with Gasteiger partial charge in [0.25, 0.3) is 5.69 Å². The molecule has 0 unspecified atom stereocenters. The van der Waals surface area contributed by atoms with E-state index in [0.29, 0.717) is 6.04 Å². The van der Waals surface area contributed by atoms with Crippen molar-refractivity contribution in [2.45, 2.75) is 30.7 Å². The van der Waals surface area contributed by atoms with Gasteiger partial charge >= 0.3 is 0 Å². The Morgan fingerprint density at radius 1 is 1.31 bits per heavy atom. The molecule has 0 radical (unpaired) electrons. The number of rotatable bonds is 7. The van der Waals surface area contributed by atoms with Gasteiger partial charge in [0.15, 0.2) is 0 Å². The Morgan fingerprint density at radius 3 is 2.54 bits per heavy atom. The van der Waals surface area contributed by atoms with Crippen molar-refractivity contribution in [3.8, 4) is 0 Å². The third kappa shape index (κ3) is 6.20. The molecule has 1 heterocycles. The first-order valence-corrected chi connectivity index (χ1v) is 9.53. The van der Waals surface area contributed by atoms with Gasteiger partial charge in [-0.2, -0.15) is 0 Å². The van der Waals surface area contributed by atoms with E-state index >= 15 is 0 Å². The van der Waals surface area contributed by atoms with E-state index in [1.54, 1.807) is 0 Å². The molecule has 1 aliphatic rings. The lowest BCUT2D eigenvalue weighted by Gasteiger charge is -2.27. The number of carbonyl (C=O) groups excluding carboxylic acids is 1. The summed E-state index contributed by atoms with van der Waals surface area (Å²) in [5, 5.41) is 16.6. The first kappa shape index (κ1) is 22.3. The zero-order chi connectivity index (χ0) is 18.4. The van der Waals surface area contributed by atoms with E-state index in [1.807, 2.05) is 6.92 Å². The fraction of sp³-hybridized carbons (Fsp3) is 0.533. The molecule has 1 amide bonds. The van der Waals surface area contributed by atoms with Crippen molar-refractivity contribution in [1.29, 1.82) is 0 Å². The van der Waals surface area contributed by atoms with Crippen LogP contribution in [0.2, 0.25) is 0 Å². The molecule has 1 aromatic rings. The number of piperidine rings is 1. The van der Waals surface area contributed by atoms with Crippen LogP contribution in [-0.4, -0.2) is 44.9 Å². The molecule has 1 aliphatic heterocycles. The van der Waals surface area contributed by atoms with E-state index in [9.17, 15) is 23.3 Å². The molecule has 0 bridgehead atoms. The summed E-state index contributed by atoms with van der Waals surface area (Å²) in [6, 6.07) is 4.92. The van der Waals surface area contributed by atoms with Gasteiger partial charge in [0, 0.05) is 37.2 Å². The van der Waals surface area contributed by atoms with Gasteiger partial charge in [-0.3, -0.25) is 14.9 Å². The number of benzene rings is 1. The smallest absolute Gasteiger partial charge is 0.269 e. The fourth-order valence-electron chi connectivity index (χ4n) is 2.72. The molecule has 1 aromatic carbocycles. The van der Waals surface area contributed by atoms with Crippen molar-refractivity contribution in [2.24, 2.45) is 5.92 Å². The molecule has 9 nitrogen and oxygen atoms in total. The summed E-state index contributed by atoms with van der Waals surface area (Å²) >= 11 is 0. The molecule has 0 spiro atoms. The maximum atomic E-state index is 12.1. The number of halogens is 1. The summed E-state index contributed by atoms with van der Waals surface area (Å²) in [5.74, 6) is -0.120. The van der Waals surface area contributed by atoms with Gasteiger partial charge in [-0.1, -0.05) is 0 Å². The third-order valence-electron chi connectivity index (χ3n) is 4.07. The van der Waals surface area contributed by atoms with Crippen LogP contribution in [0.15, 0.2) is 29.2 Å². The van der Waals surface area contributed by atoms with Crippen LogP contribution < -0.4 is 15.4 Å². The van der Waals surface area contributed by atoms with Gasteiger partial charge in [0.05, 0.1) is 9.82 Å². The van der Waals surface area contributed by atoms with E-state index in [4.69, 9.17) is 0 Å². The summed E-state index contributed by atoms with van der Waals surface area (Å²) in [4.78, 5) is 22.0. The number of nitro benzene ring substituents is 1. The first-order chi connectivity index (χ1) is 11.8. The molecule has 1 saturated heterocycles. The molecule has 2 rings (SSSR count). The van der Waals surface area contributed by atoms with Crippen molar-refractivity contribution < 1.29 is 18.1 Å². The van der Waals surface area contributed by atoms with Gasteiger partial charge in [-0.05, 0) is 38.4 Å². The number of nitrogens with one attached hydrogen (secondary N) is 3. The summed E-state index contributed by atoms with van der Waals surface area (Å²) in [5.41, 5.74) is -0.178. The normalized spacial score (nSPS) is 20.0. The Kier molecular flexibility index (Phi) is 8.41. The zero-order valence-electron chi connectivity index (χ0n) is 14.3. The Morgan fingerprint density at radius 2 is 1.96 bits per heavy atom. The quantitative estimate of drug-likeness (QED) is 0.348. The van der Waals surface area contributed by atoms with Crippen LogP contribution in [0.4, 0.5) is 5.69 Å². The molecule has 26 heavy (non-hydrogen) atoms. The van der Waals surface area contributed by atoms with E-state index < -0.39 is 14.9 Å². The Balaban J connectivity index is 0.00000338. The lowest BCUT2D eigenvalue weighted by molar-refractivity contribution is -0.384. The summed E-state index contributed by atoms with van der Waals surface area (Å²) in [6.45, 7) is 3.05. The fourth-order valence-corrected chi connectivity index (χ4v) is 3.75. The second-order valence-electron chi connectivity index (χ2n) is 6.02. The highest BCUT2D eigenvalue weighted by Gasteiger charge is 2.24. The molecule has 0 aliphatic carbocycles. The Bertz CT molecular complexity index is 726. The molecule has 1 fully saturated rings. The Hall–Kier alpha value is -1.75. The number of sulfonamides is 1. The number of nitro groups is 1. The van der Waals surface area contributed by atoms with Crippen LogP contribution >= 0.6 is 12.4 Å². The van der Waals surface area contributed by atoms with Crippen LogP contribution in [0.3, 0.4) is 0 Å². The second-order valence-corrected chi connectivity index (χ2v) is 7.78. The predicted molar refractivity (Wildman–Crippen MR) is 98.7 cm³/mol. The first-order valence-electron chi connectivity index (χ1n) is 8.05. The van der Waals surface area contributed by atoms with Crippen LogP contribution in [0.1, 0.15) is 19.8 Å². The minimum Gasteiger partial charge on any atom is -0.355 e. The monoisotopic (exact) mass is 406 g/mol. The topological polar surface area (TPSA) is 130 Å². The second kappa shape index (κ2) is 9.81. The average molecular weight is 407 g/mol. The number of carbonyl (C=O) groups is 1. The highest BCUT2D eigenvalue weighted by Crippen LogP contribution is 2.16. The van der Waals surface area contributed by atoms with Crippen LogP contribution in [0.25, 0.3) is 0 Å². The third-order valence-corrected chi connectivity index (χ3v) is 5.55. The number of hydrogen-bond acceptors (Lipinski definition) is 6. The van der Waals surface area contributed by atoms with Crippen LogP contribution in [0.5, 0.6) is 0 Å². The van der Waals surface area contributed by atoms with E-state index in [-0.39, 0.29) is 47.9 Å². The molecule has 2 atom stereocenters. The Labute approximate surface area is 158 Å². The number of hydrogen-bond donors (Lipinski definition) is 3. The summed E-state index contributed by atoms with van der Waals surface area (Å²) in [7, 11) is -3.77. The highest BCUT2D eigenvalue weighted by molar-refractivity contribution is 7.89. The lowest BCUT2D eigenvalue weighted by atomic mass is 9.92. The number of non-ortho nitro benzene ring substituents is 1. The molecule has 0 saturated carbocycles. The molecule has 11 heteroatoms. The van der Waals surface area contributed by atoms with Crippen LogP contribution in [-0.2, 0) is 14.8 Å². The van der Waals surface area contributed by atoms with Crippen molar-refractivity contribution in [1.82, 2.24) is 15.4 Å². The van der Waals surface area contributed by atoms with Gasteiger partial charge in [0.2, 0.25) is 15.9 Å². The molecule has 146 valence electrons. The highest BCUT2D eigenvalue weighted by atomic mass is 35.5. The lowest BCUT2D eigenvalue weighted by Crippen LogP contribution is -2.44. The SMILES string of the molecule is C[C@H]1C[C@@H](C(=O)NCCNS(=O)(=O)c2ccc([N+](=O)[O-])cc2)CCN1.Cl. The molecular formula is C15H23ClN4O5S. The molecular weight excluding hydrogens is 384 g/mol. The predicted octanol–water partition coefficient (Wildman–Crippen LogP) is 0.799. The maximum absolute atomic E-state index is 12.1. The van der Waals surface area contributed by atoms with E-state index in [2.05, 4.69) is 15.4 Å². The summed E-state index contributed by atoms with van der Waals surface area (Å²) < 4.78 is 26.6. The standard InChI is InChI=1S/C15H22N4O5S.ClH/c1-11-10-12(6-7-16-11)15(20)17-8-9-18-25(23,24)14-4-2-13(3-5-14)19(21)22;/h2-5,11-12,16,18H,6-10H2,1H3,(H,17,20);1H/t11-,12-;/m0./s1. The van der Waals surface area contributed by atoms with Crippen molar-refractivity contribution >= 4 is 34.0 Å². The summed E-state index contributed by atoms with van der Waals surface area (Å²) in [6.07, 6.45) is 1.53. The van der Waals surface area contributed by atoms with Gasteiger partial charge < -0.3 is 10.6 Å². The van der Waals surface area contributed by atoms with E-state index in [1.165, 1.54) is 12.1 Å². The van der Waals surface area contributed by atoms with Crippen molar-refractivity contribution in [2.75, 3.05) is 19.6 Å². The minimum atomic E-state index is -3.77. The maximum Gasteiger partial charge on any atom is 0.269 e. The number of amides is 1. The number of nitrogens with zero attached hydrogens (tertiary/aromatic N) is 1. The largest absolute Gasteiger partial charge is 0.355 e. The van der Waals surface area contributed by atoms with Crippen molar-refractivity contribution in [3.05, 3.63) is 34.4 Å². The van der Waals surface area contributed by atoms with Gasteiger partial charge in [-0.15, -0.1) is 12.4 Å².